The summed E-state index contributed by atoms with van der Waals surface area (Å²) in [5.74, 6) is 0.704. The van der Waals surface area contributed by atoms with Gasteiger partial charge in [0.25, 0.3) is 0 Å². The van der Waals surface area contributed by atoms with Crippen molar-refractivity contribution in [1.29, 1.82) is 0 Å². The quantitative estimate of drug-likeness (QED) is 0.249. The molecular formula is C21H16Cl2N4OS2. The highest BCUT2D eigenvalue weighted by molar-refractivity contribution is 7.99. The molecule has 0 fully saturated rings. The lowest BCUT2D eigenvalue weighted by Crippen LogP contribution is -2.15. The molecule has 30 heavy (non-hydrogen) atoms. The average Bonchev–Trinajstić information content (AvgIpc) is 3.34. The maximum Gasteiger partial charge on any atom is 0.234 e. The van der Waals surface area contributed by atoms with E-state index in [9.17, 15) is 4.79 Å². The second-order valence-electron chi connectivity index (χ2n) is 6.29. The molecule has 0 aliphatic heterocycles. The molecule has 1 amide bonds. The number of carbonyl (C=O) groups excluding carboxylic acids is 1. The van der Waals surface area contributed by atoms with Crippen LogP contribution in [0.5, 0.6) is 0 Å². The van der Waals surface area contributed by atoms with Gasteiger partial charge in [-0.3, -0.25) is 9.36 Å². The summed E-state index contributed by atoms with van der Waals surface area (Å²) < 4.78 is 3.15. The average molecular weight is 475 g/mol. The van der Waals surface area contributed by atoms with Crippen molar-refractivity contribution in [3.8, 4) is 11.4 Å². The number of amides is 1. The predicted octanol–water partition coefficient (Wildman–Crippen LogP) is 6.38. The van der Waals surface area contributed by atoms with E-state index in [-0.39, 0.29) is 11.7 Å². The number of thiophene rings is 1. The molecule has 0 spiro atoms. The number of hydrogen-bond donors (Lipinski definition) is 1. The van der Waals surface area contributed by atoms with Gasteiger partial charge in [-0.15, -0.1) is 28.1 Å². The van der Waals surface area contributed by atoms with Crippen LogP contribution in [-0.4, -0.2) is 26.4 Å². The molecule has 4 aromatic rings. The number of nitrogens with zero attached hydrogens (tertiary/aromatic N) is 3. The van der Waals surface area contributed by atoms with E-state index < -0.39 is 0 Å². The zero-order valence-electron chi connectivity index (χ0n) is 15.6. The van der Waals surface area contributed by atoms with Gasteiger partial charge in [0.1, 0.15) is 0 Å². The van der Waals surface area contributed by atoms with Crippen molar-refractivity contribution in [2.75, 3.05) is 11.1 Å². The first kappa shape index (κ1) is 20.9. The number of aromatic nitrogens is 3. The van der Waals surface area contributed by atoms with Gasteiger partial charge in [0.05, 0.1) is 21.5 Å². The minimum atomic E-state index is -0.208. The summed E-state index contributed by atoms with van der Waals surface area (Å²) in [6.07, 6.45) is 1.79. The van der Waals surface area contributed by atoms with Crippen molar-refractivity contribution in [3.05, 3.63) is 70.5 Å². The molecule has 0 aliphatic rings. The third kappa shape index (κ3) is 4.25. The van der Waals surface area contributed by atoms with Crippen molar-refractivity contribution in [1.82, 2.24) is 14.8 Å². The molecule has 0 saturated carbocycles. The van der Waals surface area contributed by atoms with Crippen LogP contribution >= 0.6 is 46.3 Å². The fourth-order valence-corrected chi connectivity index (χ4v) is 4.99. The number of hydrogen-bond acceptors (Lipinski definition) is 5. The Bertz CT molecular complexity index is 1230. The van der Waals surface area contributed by atoms with Gasteiger partial charge < -0.3 is 5.32 Å². The summed E-state index contributed by atoms with van der Waals surface area (Å²) >= 11 is 15.1. The molecule has 0 unspecified atom stereocenters. The van der Waals surface area contributed by atoms with Crippen LogP contribution in [0, 0.1) is 0 Å². The number of thioether (sulfide) groups is 1. The standard InChI is InChI=1S/C21H16Cl2N4OS2/c1-2-10-27-20(14-11-29-17-9-4-3-6-13(14)17)25-26-21(27)30-12-18(28)24-16-8-5-7-15(22)19(16)23/h2-9,11H,1,10,12H2,(H,24,28). The summed E-state index contributed by atoms with van der Waals surface area (Å²) in [5, 5.41) is 16.1. The van der Waals surface area contributed by atoms with Crippen LogP contribution in [0.3, 0.4) is 0 Å². The highest BCUT2D eigenvalue weighted by Gasteiger charge is 2.18. The van der Waals surface area contributed by atoms with Crippen molar-refractivity contribution >= 4 is 68.0 Å². The van der Waals surface area contributed by atoms with Crippen LogP contribution in [0.4, 0.5) is 5.69 Å². The van der Waals surface area contributed by atoms with Gasteiger partial charge in [-0.2, -0.15) is 0 Å². The first-order chi connectivity index (χ1) is 14.6. The summed E-state index contributed by atoms with van der Waals surface area (Å²) in [6.45, 7) is 4.38. The molecule has 4 rings (SSSR count). The van der Waals surface area contributed by atoms with Crippen molar-refractivity contribution in [2.24, 2.45) is 0 Å². The second kappa shape index (κ2) is 9.22. The maximum atomic E-state index is 12.4. The van der Waals surface area contributed by atoms with E-state index >= 15 is 0 Å². The highest BCUT2D eigenvalue weighted by atomic mass is 35.5. The number of halogens is 2. The zero-order valence-corrected chi connectivity index (χ0v) is 18.8. The molecule has 2 aromatic heterocycles. The molecule has 152 valence electrons. The Hall–Kier alpha value is -2.32. The molecule has 2 aromatic carbocycles. The molecule has 0 aliphatic carbocycles. The molecule has 0 radical (unpaired) electrons. The Morgan fingerprint density at radius 1 is 1.20 bits per heavy atom. The SMILES string of the molecule is C=CCn1c(SCC(=O)Nc2cccc(Cl)c2Cl)nnc1-c1csc2ccccc12. The van der Waals surface area contributed by atoms with Crippen molar-refractivity contribution < 1.29 is 4.79 Å². The third-order valence-corrected chi connectivity index (χ3v) is 7.06. The minimum absolute atomic E-state index is 0.155. The molecule has 5 nitrogen and oxygen atoms in total. The molecule has 0 saturated heterocycles. The summed E-state index contributed by atoms with van der Waals surface area (Å²) in [7, 11) is 0. The smallest absolute Gasteiger partial charge is 0.234 e. The van der Waals surface area contributed by atoms with Crippen LogP contribution in [-0.2, 0) is 11.3 Å². The van der Waals surface area contributed by atoms with Gasteiger partial charge in [-0.1, -0.05) is 65.3 Å². The van der Waals surface area contributed by atoms with E-state index in [0.717, 1.165) is 16.8 Å². The molecule has 0 atom stereocenters. The van der Waals surface area contributed by atoms with Crippen LogP contribution < -0.4 is 5.32 Å². The number of benzene rings is 2. The molecule has 0 bridgehead atoms. The lowest BCUT2D eigenvalue weighted by molar-refractivity contribution is -0.113. The largest absolute Gasteiger partial charge is 0.324 e. The Balaban J connectivity index is 1.54. The van der Waals surface area contributed by atoms with Crippen LogP contribution in [0.1, 0.15) is 0 Å². The van der Waals surface area contributed by atoms with Crippen molar-refractivity contribution in [2.45, 2.75) is 11.7 Å². The lowest BCUT2D eigenvalue weighted by Gasteiger charge is -2.09. The fourth-order valence-electron chi connectivity index (χ4n) is 2.96. The lowest BCUT2D eigenvalue weighted by atomic mass is 10.1. The Kier molecular flexibility index (Phi) is 6.43. The molecular weight excluding hydrogens is 459 g/mol. The molecule has 1 N–H and O–H groups in total. The molecule has 9 heteroatoms. The van der Waals surface area contributed by atoms with E-state index in [2.05, 4.69) is 39.6 Å². The fraction of sp³-hybridized carbons (Fsp3) is 0.0952. The van der Waals surface area contributed by atoms with Crippen molar-refractivity contribution in [3.63, 3.8) is 0 Å². The Morgan fingerprint density at radius 2 is 2.03 bits per heavy atom. The van der Waals surface area contributed by atoms with Gasteiger partial charge >= 0.3 is 0 Å². The van der Waals surface area contributed by atoms with E-state index in [1.165, 1.54) is 16.5 Å². The monoisotopic (exact) mass is 474 g/mol. The van der Waals surface area contributed by atoms with E-state index in [1.54, 1.807) is 35.6 Å². The van der Waals surface area contributed by atoms with Gasteiger partial charge in [-0.25, -0.2) is 0 Å². The van der Waals surface area contributed by atoms with Gasteiger partial charge in [0.15, 0.2) is 11.0 Å². The highest BCUT2D eigenvalue weighted by Crippen LogP contribution is 2.34. The number of carbonyl (C=O) groups is 1. The predicted molar refractivity (Wildman–Crippen MR) is 127 cm³/mol. The Labute approximate surface area is 191 Å². The first-order valence-electron chi connectivity index (χ1n) is 8.96. The van der Waals surface area contributed by atoms with Gasteiger partial charge in [0.2, 0.25) is 5.91 Å². The summed E-state index contributed by atoms with van der Waals surface area (Å²) in [4.78, 5) is 12.4. The number of rotatable bonds is 7. The number of nitrogens with one attached hydrogen (secondary N) is 1. The number of fused-ring (bicyclic) bond motifs is 1. The minimum Gasteiger partial charge on any atom is -0.324 e. The van der Waals surface area contributed by atoms with Crippen LogP contribution in [0.2, 0.25) is 10.0 Å². The van der Waals surface area contributed by atoms with Gasteiger partial charge in [0, 0.05) is 27.6 Å². The second-order valence-corrected chi connectivity index (χ2v) is 8.93. The zero-order chi connectivity index (χ0) is 21.1. The number of anilines is 1. The summed E-state index contributed by atoms with van der Waals surface area (Å²) in [5.41, 5.74) is 1.50. The maximum absolute atomic E-state index is 12.4. The van der Waals surface area contributed by atoms with E-state index in [0.29, 0.717) is 27.4 Å². The first-order valence-corrected chi connectivity index (χ1v) is 11.6. The summed E-state index contributed by atoms with van der Waals surface area (Å²) in [6, 6.07) is 13.3. The topological polar surface area (TPSA) is 59.8 Å². The van der Waals surface area contributed by atoms with Crippen LogP contribution in [0.25, 0.3) is 21.5 Å². The normalized spacial score (nSPS) is 11.0. The van der Waals surface area contributed by atoms with E-state index in [4.69, 9.17) is 23.2 Å². The molecule has 2 heterocycles. The third-order valence-electron chi connectivity index (χ3n) is 4.31. The van der Waals surface area contributed by atoms with Crippen LogP contribution in [0.15, 0.2) is 65.7 Å². The Morgan fingerprint density at radius 3 is 2.87 bits per heavy atom. The number of allylic oxidation sites excluding steroid dienone is 1. The van der Waals surface area contributed by atoms with E-state index in [1.807, 2.05) is 16.7 Å². The van der Waals surface area contributed by atoms with Gasteiger partial charge in [-0.05, 0) is 18.2 Å².